The molecular weight excluding hydrogens is 336 g/mol. The topological polar surface area (TPSA) is 63.6 Å². The van der Waals surface area contributed by atoms with Crippen molar-refractivity contribution >= 4 is 12.0 Å². The van der Waals surface area contributed by atoms with E-state index in [2.05, 4.69) is 40.9 Å². The average molecular weight is 358 g/mol. The fourth-order valence-corrected chi connectivity index (χ4v) is 3.27. The summed E-state index contributed by atoms with van der Waals surface area (Å²) in [6, 6.07) is 14.1. The van der Waals surface area contributed by atoms with Crippen molar-refractivity contribution in [2.24, 2.45) is 0 Å². The van der Waals surface area contributed by atoms with Gasteiger partial charge in [-0.15, -0.1) is 0 Å². The van der Waals surface area contributed by atoms with Gasteiger partial charge in [-0.1, -0.05) is 17.7 Å². The van der Waals surface area contributed by atoms with E-state index in [-0.39, 0.29) is 5.57 Å². The van der Waals surface area contributed by atoms with Crippen molar-refractivity contribution in [3.63, 3.8) is 0 Å². The van der Waals surface area contributed by atoms with Crippen molar-refractivity contribution < 1.29 is 4.79 Å². The van der Waals surface area contributed by atoms with Gasteiger partial charge in [0.15, 0.2) is 0 Å². The number of hydrogen-bond donors (Lipinski definition) is 0. The predicted octanol–water partition coefficient (Wildman–Crippen LogP) is 4.46. The third-order valence-corrected chi connectivity index (χ3v) is 4.62. The number of benzene rings is 1. The van der Waals surface area contributed by atoms with Crippen LogP contribution in [-0.4, -0.2) is 20.3 Å². The highest BCUT2D eigenvalue weighted by Gasteiger charge is 2.17. The van der Waals surface area contributed by atoms with Crippen LogP contribution >= 0.6 is 0 Å². The molecule has 27 heavy (non-hydrogen) atoms. The zero-order chi connectivity index (χ0) is 19.7. The van der Waals surface area contributed by atoms with E-state index in [1.165, 1.54) is 10.2 Å². The molecular formula is C22H22N4O. The molecule has 3 rings (SSSR count). The Balaban J connectivity index is 2.04. The van der Waals surface area contributed by atoms with E-state index >= 15 is 0 Å². The first kappa shape index (κ1) is 18.4. The Morgan fingerprint density at radius 2 is 1.70 bits per heavy atom. The van der Waals surface area contributed by atoms with E-state index in [4.69, 9.17) is 0 Å². The lowest BCUT2D eigenvalue weighted by molar-refractivity contribution is 0.0943. The molecule has 0 saturated heterocycles. The minimum absolute atomic E-state index is 0.0605. The van der Waals surface area contributed by atoms with Crippen molar-refractivity contribution in [1.29, 1.82) is 5.26 Å². The van der Waals surface area contributed by atoms with Crippen molar-refractivity contribution in [3.05, 3.63) is 75.9 Å². The number of allylic oxidation sites excluding steroid dienone is 1. The molecule has 0 N–H and O–H groups in total. The molecule has 136 valence electrons. The SMILES string of the molecule is Cc1ccc(-n2c(C)cc(/C=C(\C#N)C(=O)n3nc(C)cc3C)c2C)cc1. The van der Waals surface area contributed by atoms with Gasteiger partial charge in [-0.05, 0) is 70.5 Å². The summed E-state index contributed by atoms with van der Waals surface area (Å²) in [5, 5.41) is 13.7. The van der Waals surface area contributed by atoms with Gasteiger partial charge >= 0.3 is 0 Å². The summed E-state index contributed by atoms with van der Waals surface area (Å²) in [4.78, 5) is 12.7. The molecule has 0 aliphatic heterocycles. The molecule has 0 aliphatic carbocycles. The minimum Gasteiger partial charge on any atom is -0.318 e. The summed E-state index contributed by atoms with van der Waals surface area (Å²) in [6.45, 7) is 9.68. The van der Waals surface area contributed by atoms with Gasteiger partial charge in [0.2, 0.25) is 0 Å². The first-order chi connectivity index (χ1) is 12.8. The molecule has 5 nitrogen and oxygen atoms in total. The molecule has 0 amide bonds. The molecule has 2 aromatic heterocycles. The smallest absolute Gasteiger partial charge is 0.289 e. The molecule has 0 fully saturated rings. The highest BCUT2D eigenvalue weighted by Crippen LogP contribution is 2.23. The second kappa shape index (κ2) is 7.08. The molecule has 5 heteroatoms. The first-order valence-corrected chi connectivity index (χ1v) is 8.77. The van der Waals surface area contributed by atoms with Crippen molar-refractivity contribution in [1.82, 2.24) is 14.3 Å². The fraction of sp³-hybridized carbons (Fsp3) is 0.227. The summed E-state index contributed by atoms with van der Waals surface area (Å²) in [5.74, 6) is -0.414. The van der Waals surface area contributed by atoms with Crippen LogP contribution in [0.1, 0.15) is 38.7 Å². The van der Waals surface area contributed by atoms with Gasteiger partial charge < -0.3 is 4.57 Å². The molecule has 0 aliphatic rings. The monoisotopic (exact) mass is 358 g/mol. The van der Waals surface area contributed by atoms with Crippen molar-refractivity contribution in [3.8, 4) is 11.8 Å². The van der Waals surface area contributed by atoms with Crippen LogP contribution < -0.4 is 0 Å². The van der Waals surface area contributed by atoms with E-state index in [1.807, 2.05) is 39.0 Å². The van der Waals surface area contributed by atoms with Crippen LogP contribution in [0.4, 0.5) is 0 Å². The number of aromatic nitrogens is 3. The number of carbonyl (C=O) groups excluding carboxylic acids is 1. The molecule has 0 bridgehead atoms. The predicted molar refractivity (Wildman–Crippen MR) is 106 cm³/mol. The van der Waals surface area contributed by atoms with Gasteiger partial charge in [0.1, 0.15) is 11.6 Å². The number of rotatable bonds is 3. The maximum Gasteiger partial charge on any atom is 0.289 e. The fourth-order valence-electron chi connectivity index (χ4n) is 3.27. The van der Waals surface area contributed by atoms with Crippen LogP contribution in [0.3, 0.4) is 0 Å². The Bertz CT molecular complexity index is 1090. The van der Waals surface area contributed by atoms with Gasteiger partial charge in [0.05, 0.1) is 5.69 Å². The van der Waals surface area contributed by atoms with Gasteiger partial charge in [-0.2, -0.15) is 10.4 Å². The summed E-state index contributed by atoms with van der Waals surface area (Å²) < 4.78 is 3.40. The Kier molecular flexibility index (Phi) is 4.83. The third-order valence-electron chi connectivity index (χ3n) is 4.62. The van der Waals surface area contributed by atoms with Crippen molar-refractivity contribution in [2.45, 2.75) is 34.6 Å². The highest BCUT2D eigenvalue weighted by molar-refractivity contribution is 6.03. The number of carbonyl (C=O) groups is 1. The van der Waals surface area contributed by atoms with Crippen LogP contribution in [-0.2, 0) is 0 Å². The minimum atomic E-state index is -0.414. The Morgan fingerprint density at radius 1 is 1.04 bits per heavy atom. The van der Waals surface area contributed by atoms with Gasteiger partial charge in [-0.3, -0.25) is 4.79 Å². The lowest BCUT2D eigenvalue weighted by Crippen LogP contribution is -2.15. The van der Waals surface area contributed by atoms with Gasteiger partial charge in [-0.25, -0.2) is 4.68 Å². The summed E-state index contributed by atoms with van der Waals surface area (Å²) in [7, 11) is 0. The van der Waals surface area contributed by atoms with E-state index < -0.39 is 5.91 Å². The van der Waals surface area contributed by atoms with E-state index in [1.54, 1.807) is 13.0 Å². The third kappa shape index (κ3) is 3.47. The summed E-state index contributed by atoms with van der Waals surface area (Å²) in [5.41, 5.74) is 6.63. The largest absolute Gasteiger partial charge is 0.318 e. The van der Waals surface area contributed by atoms with Gasteiger partial charge in [0.25, 0.3) is 5.91 Å². The maximum absolute atomic E-state index is 12.7. The molecule has 3 aromatic rings. The number of hydrogen-bond acceptors (Lipinski definition) is 3. The lowest BCUT2D eigenvalue weighted by atomic mass is 10.1. The van der Waals surface area contributed by atoms with Gasteiger partial charge in [0, 0.05) is 22.8 Å². The molecule has 1 aromatic carbocycles. The molecule has 0 unspecified atom stereocenters. The Hall–Kier alpha value is -3.39. The summed E-state index contributed by atoms with van der Waals surface area (Å²) in [6.07, 6.45) is 1.64. The molecule has 0 spiro atoms. The lowest BCUT2D eigenvalue weighted by Gasteiger charge is -2.10. The second-order valence-corrected chi connectivity index (χ2v) is 6.81. The zero-order valence-electron chi connectivity index (χ0n) is 16.2. The highest BCUT2D eigenvalue weighted by atomic mass is 16.2. The van der Waals surface area contributed by atoms with E-state index in [0.717, 1.165) is 28.3 Å². The second-order valence-electron chi connectivity index (χ2n) is 6.81. The van der Waals surface area contributed by atoms with Crippen LogP contribution in [0.5, 0.6) is 0 Å². The Morgan fingerprint density at radius 3 is 2.26 bits per heavy atom. The number of nitrogens with zero attached hydrogens (tertiary/aromatic N) is 4. The molecule has 0 saturated carbocycles. The van der Waals surface area contributed by atoms with E-state index in [9.17, 15) is 10.1 Å². The summed E-state index contributed by atoms with van der Waals surface area (Å²) >= 11 is 0. The molecule has 0 radical (unpaired) electrons. The van der Waals surface area contributed by atoms with Crippen LogP contribution in [0.2, 0.25) is 0 Å². The average Bonchev–Trinajstić information content (AvgIpc) is 3.11. The molecule has 0 atom stereocenters. The van der Waals surface area contributed by atoms with E-state index in [0.29, 0.717) is 5.69 Å². The van der Waals surface area contributed by atoms with Crippen molar-refractivity contribution in [2.75, 3.05) is 0 Å². The standard InChI is InChI=1S/C22H22N4O/c1-14-6-8-21(9-7-14)25-16(3)11-19(18(25)5)12-20(13-23)22(27)26-17(4)10-15(2)24-26/h6-12H,1-5H3/b20-12+. The normalized spacial score (nSPS) is 11.5. The molecule has 2 heterocycles. The zero-order valence-corrected chi connectivity index (χ0v) is 16.2. The number of nitriles is 1. The van der Waals surface area contributed by atoms with Crippen LogP contribution in [0.25, 0.3) is 11.8 Å². The quantitative estimate of drug-likeness (QED) is 0.513. The van der Waals surface area contributed by atoms with Crippen LogP contribution in [0, 0.1) is 45.9 Å². The van der Waals surface area contributed by atoms with Crippen LogP contribution in [0.15, 0.2) is 42.0 Å². The number of aryl methyl sites for hydroxylation is 4. The Labute approximate surface area is 159 Å². The first-order valence-electron chi connectivity index (χ1n) is 8.77. The maximum atomic E-state index is 12.7.